The Morgan fingerprint density at radius 1 is 0.958 bits per heavy atom. The van der Waals surface area contributed by atoms with Gasteiger partial charge in [-0.25, -0.2) is 0 Å². The molecule has 0 aliphatic heterocycles. The molecule has 0 unspecified atom stereocenters. The first-order chi connectivity index (χ1) is 11.3. The molecule has 0 N–H and O–H groups in total. The Hall–Kier alpha value is -2.64. The van der Waals surface area contributed by atoms with Crippen LogP contribution in [0.1, 0.15) is 28.5 Å². The van der Waals surface area contributed by atoms with E-state index >= 15 is 0 Å². The Kier molecular flexibility index (Phi) is 4.13. The van der Waals surface area contributed by atoms with E-state index in [1.807, 2.05) is 13.8 Å². The lowest BCUT2D eigenvalue weighted by Crippen LogP contribution is -2.04. The fraction of sp³-hybridized carbons (Fsp3) is 0.312. The number of aryl methyl sites for hydroxylation is 3. The summed E-state index contributed by atoms with van der Waals surface area (Å²) in [4.78, 5) is 4.22. The van der Waals surface area contributed by atoms with Gasteiger partial charge >= 0.3 is 6.18 Å². The summed E-state index contributed by atoms with van der Waals surface area (Å²) in [6.07, 6.45) is -3.23. The summed E-state index contributed by atoms with van der Waals surface area (Å²) in [6, 6.07) is 4.64. The van der Waals surface area contributed by atoms with E-state index in [1.165, 1.54) is 12.1 Å². The van der Waals surface area contributed by atoms with Crippen LogP contribution in [-0.2, 0) is 19.0 Å². The van der Waals surface area contributed by atoms with Crippen molar-refractivity contribution < 1.29 is 22.2 Å². The number of benzene rings is 1. The summed E-state index contributed by atoms with van der Waals surface area (Å²) >= 11 is 0. The number of hydrogen-bond acceptors (Lipinski definition) is 5. The lowest BCUT2D eigenvalue weighted by atomic mass is 10.1. The summed E-state index contributed by atoms with van der Waals surface area (Å²) in [5.41, 5.74) is 1.56. The van der Waals surface area contributed by atoms with Crippen molar-refractivity contribution in [2.24, 2.45) is 0 Å². The van der Waals surface area contributed by atoms with E-state index in [-0.39, 0.29) is 5.82 Å². The predicted molar refractivity (Wildman–Crippen MR) is 78.1 cm³/mol. The fourth-order valence-corrected chi connectivity index (χ4v) is 2.37. The van der Waals surface area contributed by atoms with E-state index < -0.39 is 11.7 Å². The van der Waals surface area contributed by atoms with Crippen molar-refractivity contribution in [3.05, 3.63) is 52.7 Å². The summed E-state index contributed by atoms with van der Waals surface area (Å²) < 4.78 is 47.9. The van der Waals surface area contributed by atoms with Crippen LogP contribution in [0.4, 0.5) is 13.2 Å². The van der Waals surface area contributed by atoms with Gasteiger partial charge in [-0.15, -0.1) is 0 Å². The molecule has 126 valence electrons. The second-order valence-electron chi connectivity index (χ2n) is 5.39. The van der Waals surface area contributed by atoms with E-state index in [1.54, 1.807) is 0 Å². The van der Waals surface area contributed by atoms with Crippen LogP contribution in [0.15, 0.2) is 33.3 Å². The lowest BCUT2D eigenvalue weighted by Gasteiger charge is -2.05. The molecular weight excluding hydrogens is 323 g/mol. The third-order valence-electron chi connectivity index (χ3n) is 3.71. The number of alkyl halides is 3. The first-order valence-corrected chi connectivity index (χ1v) is 7.26. The zero-order chi connectivity index (χ0) is 17.3. The predicted octanol–water partition coefficient (Wildman–Crippen LogP) is 4.15. The van der Waals surface area contributed by atoms with Crippen molar-refractivity contribution in [2.75, 3.05) is 0 Å². The van der Waals surface area contributed by atoms with Crippen molar-refractivity contribution in [3.63, 3.8) is 0 Å². The van der Waals surface area contributed by atoms with Crippen LogP contribution in [0.25, 0.3) is 11.4 Å². The number of aromatic nitrogens is 3. The highest BCUT2D eigenvalue weighted by Gasteiger charge is 2.30. The molecule has 5 nitrogen and oxygen atoms in total. The van der Waals surface area contributed by atoms with Crippen molar-refractivity contribution >= 4 is 0 Å². The molecule has 2 heterocycles. The van der Waals surface area contributed by atoms with E-state index in [2.05, 4.69) is 15.3 Å². The van der Waals surface area contributed by atoms with Gasteiger partial charge < -0.3 is 9.05 Å². The molecule has 0 spiro atoms. The highest BCUT2D eigenvalue weighted by atomic mass is 19.4. The average molecular weight is 337 g/mol. The Morgan fingerprint density at radius 2 is 1.67 bits per heavy atom. The second-order valence-corrected chi connectivity index (χ2v) is 5.39. The van der Waals surface area contributed by atoms with Crippen LogP contribution in [-0.4, -0.2) is 15.3 Å². The smallest absolute Gasteiger partial charge is 0.361 e. The van der Waals surface area contributed by atoms with E-state index in [4.69, 9.17) is 9.05 Å². The van der Waals surface area contributed by atoms with Crippen LogP contribution in [0, 0.1) is 13.8 Å². The minimum atomic E-state index is -4.37. The van der Waals surface area contributed by atoms with Crippen molar-refractivity contribution in [1.29, 1.82) is 0 Å². The molecule has 0 amide bonds. The molecule has 0 aliphatic rings. The highest BCUT2D eigenvalue weighted by molar-refractivity contribution is 5.54. The Labute approximate surface area is 135 Å². The molecule has 0 aliphatic carbocycles. The van der Waals surface area contributed by atoms with Crippen LogP contribution in [0.2, 0.25) is 0 Å². The maximum atomic E-state index is 12.6. The Balaban J connectivity index is 1.71. The first-order valence-electron chi connectivity index (χ1n) is 7.26. The third kappa shape index (κ3) is 3.32. The summed E-state index contributed by atoms with van der Waals surface area (Å²) in [6.45, 7) is 3.68. The molecular formula is C16H14F3N3O2. The van der Waals surface area contributed by atoms with Crippen molar-refractivity contribution in [3.8, 4) is 11.4 Å². The second kappa shape index (κ2) is 6.10. The number of hydrogen-bond donors (Lipinski definition) is 0. The summed E-state index contributed by atoms with van der Waals surface area (Å²) in [7, 11) is 0. The monoisotopic (exact) mass is 337 g/mol. The molecule has 2 aromatic heterocycles. The maximum Gasteiger partial charge on any atom is 0.416 e. The Bertz CT molecular complexity index is 816. The summed E-state index contributed by atoms with van der Waals surface area (Å²) in [5, 5.41) is 7.69. The molecule has 3 rings (SSSR count). The molecule has 0 atom stereocenters. The van der Waals surface area contributed by atoms with Gasteiger partial charge in [-0.2, -0.15) is 18.2 Å². The van der Waals surface area contributed by atoms with Crippen LogP contribution in [0.3, 0.4) is 0 Å². The van der Waals surface area contributed by atoms with Crippen LogP contribution in [0.5, 0.6) is 0 Å². The van der Waals surface area contributed by atoms with E-state index in [9.17, 15) is 13.2 Å². The van der Waals surface area contributed by atoms with Gasteiger partial charge in [0, 0.05) is 17.5 Å². The van der Waals surface area contributed by atoms with Gasteiger partial charge in [-0.05, 0) is 32.4 Å². The van der Waals surface area contributed by atoms with Crippen LogP contribution >= 0.6 is 0 Å². The molecule has 0 bridgehead atoms. The number of halogens is 3. The highest BCUT2D eigenvalue weighted by Crippen LogP contribution is 2.30. The van der Waals surface area contributed by atoms with E-state index in [0.717, 1.165) is 29.2 Å². The van der Waals surface area contributed by atoms with Gasteiger partial charge in [0.1, 0.15) is 5.76 Å². The molecule has 24 heavy (non-hydrogen) atoms. The number of rotatable bonds is 4. The molecule has 0 radical (unpaired) electrons. The number of nitrogens with zero attached hydrogens (tertiary/aromatic N) is 3. The first kappa shape index (κ1) is 16.2. The normalized spacial score (nSPS) is 11.9. The molecule has 8 heteroatoms. The van der Waals surface area contributed by atoms with Gasteiger partial charge in [0.15, 0.2) is 0 Å². The topological polar surface area (TPSA) is 65.0 Å². The SMILES string of the molecule is Cc1noc(C)c1CCc1nc(-c2ccc(C(F)(F)F)cc2)no1. The minimum absolute atomic E-state index is 0.262. The maximum absolute atomic E-state index is 12.6. The molecule has 0 saturated carbocycles. The molecule has 3 aromatic rings. The Morgan fingerprint density at radius 3 is 2.25 bits per heavy atom. The average Bonchev–Trinajstić information content (AvgIpc) is 3.12. The van der Waals surface area contributed by atoms with Crippen molar-refractivity contribution in [1.82, 2.24) is 15.3 Å². The van der Waals surface area contributed by atoms with Gasteiger partial charge in [-0.3, -0.25) is 0 Å². The zero-order valence-corrected chi connectivity index (χ0v) is 13.0. The quantitative estimate of drug-likeness (QED) is 0.716. The summed E-state index contributed by atoms with van der Waals surface area (Å²) in [5.74, 6) is 1.41. The molecule has 0 saturated heterocycles. The minimum Gasteiger partial charge on any atom is -0.361 e. The van der Waals surface area contributed by atoms with Gasteiger partial charge in [-0.1, -0.05) is 22.4 Å². The van der Waals surface area contributed by atoms with Gasteiger partial charge in [0.05, 0.1) is 11.3 Å². The van der Waals surface area contributed by atoms with Crippen LogP contribution < -0.4 is 0 Å². The van der Waals surface area contributed by atoms with E-state index in [0.29, 0.717) is 24.3 Å². The zero-order valence-electron chi connectivity index (χ0n) is 13.0. The largest absolute Gasteiger partial charge is 0.416 e. The third-order valence-corrected chi connectivity index (χ3v) is 3.71. The van der Waals surface area contributed by atoms with Crippen molar-refractivity contribution in [2.45, 2.75) is 32.9 Å². The molecule has 1 aromatic carbocycles. The fourth-order valence-electron chi connectivity index (χ4n) is 2.37. The van der Waals surface area contributed by atoms with Gasteiger partial charge in [0.25, 0.3) is 0 Å². The molecule has 0 fully saturated rings. The van der Waals surface area contributed by atoms with Gasteiger partial charge in [0.2, 0.25) is 11.7 Å². The lowest BCUT2D eigenvalue weighted by molar-refractivity contribution is -0.137. The standard InChI is InChI=1S/C16H14F3N3O2/c1-9-13(10(2)23-21-9)7-8-14-20-15(22-24-14)11-3-5-12(6-4-11)16(17,18)19/h3-6H,7-8H2,1-2H3.